The molecule has 0 aliphatic heterocycles. The van der Waals surface area contributed by atoms with Crippen molar-refractivity contribution in [3.63, 3.8) is 0 Å². The maximum atomic E-state index is 5.27. The molecular weight excluding hydrogens is 328 g/mol. The molecule has 26 heavy (non-hydrogen) atoms. The first-order valence-corrected chi connectivity index (χ1v) is 8.40. The second-order valence-corrected chi connectivity index (χ2v) is 6.45. The van der Waals surface area contributed by atoms with Crippen LogP contribution in [0.2, 0.25) is 0 Å². The Morgan fingerprint density at radius 3 is 2.42 bits per heavy atom. The van der Waals surface area contributed by atoms with Gasteiger partial charge in [-0.05, 0) is 19.2 Å². The molecule has 7 heteroatoms. The summed E-state index contributed by atoms with van der Waals surface area (Å²) in [5, 5.41) is 4.46. The Kier molecular flexibility index (Phi) is 5.48. The van der Waals surface area contributed by atoms with Crippen molar-refractivity contribution < 1.29 is 4.74 Å². The van der Waals surface area contributed by atoms with E-state index in [9.17, 15) is 0 Å². The smallest absolute Gasteiger partial charge is 0.224 e. The van der Waals surface area contributed by atoms with E-state index in [0.717, 1.165) is 41.6 Å². The van der Waals surface area contributed by atoms with E-state index in [4.69, 9.17) is 4.74 Å². The molecule has 2 aromatic heterocycles. The molecule has 0 radical (unpaired) electrons. The maximum absolute atomic E-state index is 5.27. The second kappa shape index (κ2) is 7.97. The molecule has 0 saturated heterocycles. The number of rotatable bonds is 7. The third kappa shape index (κ3) is 4.37. The van der Waals surface area contributed by atoms with Crippen molar-refractivity contribution >= 4 is 5.95 Å². The van der Waals surface area contributed by atoms with Gasteiger partial charge in [-0.3, -0.25) is 4.90 Å². The maximum Gasteiger partial charge on any atom is 0.224 e. The van der Waals surface area contributed by atoms with Crippen molar-refractivity contribution in [1.82, 2.24) is 24.6 Å². The summed E-state index contributed by atoms with van der Waals surface area (Å²) < 4.78 is 7.13. The zero-order valence-electron chi connectivity index (χ0n) is 15.6. The lowest BCUT2D eigenvalue weighted by molar-refractivity contribution is 0.318. The molecule has 0 amide bonds. The third-order valence-electron chi connectivity index (χ3n) is 3.95. The summed E-state index contributed by atoms with van der Waals surface area (Å²) in [7, 11) is 7.60. The molecule has 0 spiro atoms. The molecule has 0 aliphatic rings. The first-order valence-electron chi connectivity index (χ1n) is 8.40. The standard InChI is InChI=1S/C19H24N6O/c1-23(2)19-20-9-15(10-21-19)12-24(3)13-16-11-22-25(14-16)17-6-5-7-18(8-17)26-4/h5-11,14H,12-13H2,1-4H3. The largest absolute Gasteiger partial charge is 0.497 e. The van der Waals surface area contributed by atoms with Crippen LogP contribution in [0.15, 0.2) is 49.1 Å². The van der Waals surface area contributed by atoms with Crippen LogP contribution in [0, 0.1) is 0 Å². The molecular formula is C19H24N6O. The molecule has 1 aromatic carbocycles. The fourth-order valence-corrected chi connectivity index (χ4v) is 2.68. The fraction of sp³-hybridized carbons (Fsp3) is 0.316. The minimum Gasteiger partial charge on any atom is -0.497 e. The van der Waals surface area contributed by atoms with E-state index >= 15 is 0 Å². The van der Waals surface area contributed by atoms with Crippen LogP contribution in [0.4, 0.5) is 5.95 Å². The molecule has 3 rings (SSSR count). The number of nitrogens with zero attached hydrogens (tertiary/aromatic N) is 6. The lowest BCUT2D eigenvalue weighted by Gasteiger charge is -2.16. The van der Waals surface area contributed by atoms with Crippen molar-refractivity contribution in [3.05, 3.63) is 60.2 Å². The van der Waals surface area contributed by atoms with Gasteiger partial charge in [-0.25, -0.2) is 14.6 Å². The van der Waals surface area contributed by atoms with Crippen molar-refractivity contribution in [1.29, 1.82) is 0 Å². The minimum atomic E-state index is 0.718. The molecule has 0 atom stereocenters. The number of hydrogen-bond acceptors (Lipinski definition) is 6. The van der Waals surface area contributed by atoms with Gasteiger partial charge < -0.3 is 9.64 Å². The van der Waals surface area contributed by atoms with Crippen molar-refractivity contribution in [3.8, 4) is 11.4 Å². The number of methoxy groups -OCH3 is 1. The Hall–Kier alpha value is -2.93. The Labute approximate surface area is 153 Å². The average molecular weight is 352 g/mol. The van der Waals surface area contributed by atoms with Crippen molar-refractivity contribution in [2.45, 2.75) is 13.1 Å². The summed E-state index contributed by atoms with van der Waals surface area (Å²) in [6, 6.07) is 7.85. The molecule has 136 valence electrons. The van der Waals surface area contributed by atoms with Crippen LogP contribution < -0.4 is 9.64 Å². The summed E-state index contributed by atoms with van der Waals surface area (Å²) >= 11 is 0. The number of hydrogen-bond donors (Lipinski definition) is 0. The molecule has 0 saturated carbocycles. The van der Waals surface area contributed by atoms with E-state index in [1.54, 1.807) is 7.11 Å². The molecule has 0 N–H and O–H groups in total. The summed E-state index contributed by atoms with van der Waals surface area (Å²) in [5.41, 5.74) is 3.20. The predicted molar refractivity (Wildman–Crippen MR) is 102 cm³/mol. The summed E-state index contributed by atoms with van der Waals surface area (Å²) in [6.07, 6.45) is 7.68. The Morgan fingerprint density at radius 2 is 1.73 bits per heavy atom. The van der Waals surface area contributed by atoms with Gasteiger partial charge >= 0.3 is 0 Å². The Bertz CT molecular complexity index is 843. The number of anilines is 1. The zero-order chi connectivity index (χ0) is 18.5. The van der Waals surface area contributed by atoms with E-state index in [1.807, 2.05) is 72.7 Å². The fourth-order valence-electron chi connectivity index (χ4n) is 2.68. The molecule has 0 aliphatic carbocycles. The van der Waals surface area contributed by atoms with E-state index < -0.39 is 0 Å². The van der Waals surface area contributed by atoms with Gasteiger partial charge in [0.2, 0.25) is 5.95 Å². The molecule has 0 bridgehead atoms. The van der Waals surface area contributed by atoms with Gasteiger partial charge in [-0.2, -0.15) is 5.10 Å². The Morgan fingerprint density at radius 1 is 1.00 bits per heavy atom. The van der Waals surface area contributed by atoms with E-state index in [1.165, 1.54) is 0 Å². The van der Waals surface area contributed by atoms with Crippen LogP contribution in [0.1, 0.15) is 11.1 Å². The topological polar surface area (TPSA) is 59.3 Å². The lowest BCUT2D eigenvalue weighted by Crippen LogP contribution is -2.18. The van der Waals surface area contributed by atoms with Crippen molar-refractivity contribution in [2.75, 3.05) is 33.2 Å². The molecule has 7 nitrogen and oxygen atoms in total. The normalized spacial score (nSPS) is 11.0. The number of benzene rings is 1. The van der Waals surface area contributed by atoms with Gasteiger partial charge in [0, 0.05) is 63.0 Å². The van der Waals surface area contributed by atoms with Crippen LogP contribution in [0.5, 0.6) is 5.75 Å². The average Bonchev–Trinajstić information content (AvgIpc) is 3.10. The summed E-state index contributed by atoms with van der Waals surface area (Å²) in [6.45, 7) is 1.57. The SMILES string of the molecule is COc1cccc(-n2cc(CN(C)Cc3cnc(N(C)C)nc3)cn2)c1. The highest BCUT2D eigenvalue weighted by atomic mass is 16.5. The van der Waals surface area contributed by atoms with Crippen molar-refractivity contribution in [2.24, 2.45) is 0 Å². The Balaban J connectivity index is 1.63. The molecule has 0 fully saturated rings. The van der Waals surface area contributed by atoms with E-state index in [-0.39, 0.29) is 0 Å². The highest BCUT2D eigenvalue weighted by Crippen LogP contribution is 2.17. The van der Waals surface area contributed by atoms with Crippen LogP contribution in [-0.2, 0) is 13.1 Å². The molecule has 3 aromatic rings. The van der Waals surface area contributed by atoms with Gasteiger partial charge in [-0.1, -0.05) is 6.07 Å². The monoisotopic (exact) mass is 352 g/mol. The second-order valence-electron chi connectivity index (χ2n) is 6.45. The quantitative estimate of drug-likeness (QED) is 0.651. The van der Waals surface area contributed by atoms with Gasteiger partial charge in [0.15, 0.2) is 0 Å². The zero-order valence-corrected chi connectivity index (χ0v) is 15.6. The molecule has 0 unspecified atom stereocenters. The third-order valence-corrected chi connectivity index (χ3v) is 3.95. The highest BCUT2D eigenvalue weighted by Gasteiger charge is 2.07. The first-order chi connectivity index (χ1) is 12.5. The lowest BCUT2D eigenvalue weighted by atomic mass is 10.3. The van der Waals surface area contributed by atoms with Gasteiger partial charge in [0.1, 0.15) is 5.75 Å². The van der Waals surface area contributed by atoms with Crippen LogP contribution in [0.3, 0.4) is 0 Å². The van der Waals surface area contributed by atoms with Gasteiger partial charge in [-0.15, -0.1) is 0 Å². The highest BCUT2D eigenvalue weighted by molar-refractivity contribution is 5.38. The van der Waals surface area contributed by atoms with Crippen LogP contribution >= 0.6 is 0 Å². The summed E-state index contributed by atoms with van der Waals surface area (Å²) in [5.74, 6) is 1.54. The van der Waals surface area contributed by atoms with E-state index in [2.05, 4.69) is 27.0 Å². The molecule has 2 heterocycles. The first kappa shape index (κ1) is 17.9. The van der Waals surface area contributed by atoms with Gasteiger partial charge in [0.05, 0.1) is 19.0 Å². The van der Waals surface area contributed by atoms with Crippen LogP contribution in [-0.4, -0.2) is 52.9 Å². The minimum absolute atomic E-state index is 0.718. The van der Waals surface area contributed by atoms with Crippen LogP contribution in [0.25, 0.3) is 5.69 Å². The van der Waals surface area contributed by atoms with E-state index in [0.29, 0.717) is 0 Å². The van der Waals surface area contributed by atoms with Gasteiger partial charge in [0.25, 0.3) is 0 Å². The summed E-state index contributed by atoms with van der Waals surface area (Å²) in [4.78, 5) is 12.8. The predicted octanol–water partition coefficient (Wildman–Crippen LogP) is 2.37. The number of aromatic nitrogens is 4. The number of ether oxygens (including phenoxy) is 1.